The highest BCUT2D eigenvalue weighted by Crippen LogP contribution is 2.19. The zero-order chi connectivity index (χ0) is 15.2. The predicted octanol–water partition coefficient (Wildman–Crippen LogP) is 2.44. The number of pyridine rings is 1. The molecule has 1 aromatic rings. The van der Waals surface area contributed by atoms with Crippen LogP contribution < -0.4 is 5.32 Å². The van der Waals surface area contributed by atoms with Crippen molar-refractivity contribution in [1.29, 1.82) is 0 Å². The van der Waals surface area contributed by atoms with Gasteiger partial charge in [0.15, 0.2) is 0 Å². The maximum atomic E-state index is 5.65. The first-order valence-electron chi connectivity index (χ1n) is 8.03. The van der Waals surface area contributed by atoms with Crippen LogP contribution in [0.4, 0.5) is 0 Å². The Hall–Kier alpha value is -0.970. The molecule has 4 nitrogen and oxygen atoms in total. The van der Waals surface area contributed by atoms with E-state index in [1.165, 1.54) is 0 Å². The van der Waals surface area contributed by atoms with Crippen LogP contribution >= 0.6 is 0 Å². The van der Waals surface area contributed by atoms with Crippen molar-refractivity contribution in [3.63, 3.8) is 0 Å². The molecule has 1 saturated heterocycles. The first-order valence-corrected chi connectivity index (χ1v) is 8.03. The van der Waals surface area contributed by atoms with E-state index >= 15 is 0 Å². The molecule has 2 unspecified atom stereocenters. The number of ether oxygens (including phenoxy) is 1. The summed E-state index contributed by atoms with van der Waals surface area (Å²) < 4.78 is 5.65. The van der Waals surface area contributed by atoms with Gasteiger partial charge in [0.2, 0.25) is 0 Å². The van der Waals surface area contributed by atoms with Crippen LogP contribution in [-0.4, -0.2) is 42.2 Å². The van der Waals surface area contributed by atoms with Crippen molar-refractivity contribution >= 4 is 0 Å². The van der Waals surface area contributed by atoms with Crippen LogP contribution in [0.2, 0.25) is 0 Å². The normalized spacial score (nSPS) is 22.4. The van der Waals surface area contributed by atoms with Gasteiger partial charge < -0.3 is 10.1 Å². The van der Waals surface area contributed by atoms with Gasteiger partial charge in [-0.2, -0.15) is 0 Å². The molecule has 0 bridgehead atoms. The van der Waals surface area contributed by atoms with Crippen LogP contribution in [-0.2, 0) is 17.8 Å². The van der Waals surface area contributed by atoms with Crippen molar-refractivity contribution in [2.24, 2.45) is 5.92 Å². The minimum Gasteiger partial charge on any atom is -0.377 e. The fourth-order valence-electron chi connectivity index (χ4n) is 2.88. The molecule has 4 heteroatoms. The van der Waals surface area contributed by atoms with Crippen molar-refractivity contribution in [2.75, 3.05) is 20.2 Å². The Balaban J connectivity index is 1.88. The average molecular weight is 291 g/mol. The van der Waals surface area contributed by atoms with Crippen molar-refractivity contribution < 1.29 is 4.74 Å². The summed E-state index contributed by atoms with van der Waals surface area (Å²) >= 11 is 0. The highest BCUT2D eigenvalue weighted by Gasteiger charge is 2.27. The molecule has 1 aromatic heterocycles. The summed E-state index contributed by atoms with van der Waals surface area (Å²) in [7, 11) is 2.17. The van der Waals surface area contributed by atoms with E-state index in [9.17, 15) is 0 Å². The highest BCUT2D eigenvalue weighted by molar-refractivity contribution is 5.11. The Bertz CT molecular complexity index is 436. The van der Waals surface area contributed by atoms with Crippen LogP contribution in [0, 0.1) is 5.92 Å². The van der Waals surface area contributed by atoms with Crippen LogP contribution in [0.3, 0.4) is 0 Å². The molecule has 2 heterocycles. The first kappa shape index (κ1) is 16.4. The van der Waals surface area contributed by atoms with E-state index in [1.807, 2.05) is 0 Å². The Morgan fingerprint density at radius 1 is 1.38 bits per heavy atom. The second-order valence-corrected chi connectivity index (χ2v) is 6.49. The standard InChI is InChI=1S/C17H29N3O/c1-13(2)10-18-11-15-6-5-7-16(19-15)12-20(4)17-8-9-21-14(17)3/h5-7,13-14,17-18H,8-12H2,1-4H3. The number of aromatic nitrogens is 1. The lowest BCUT2D eigenvalue weighted by Crippen LogP contribution is -2.36. The molecule has 1 N–H and O–H groups in total. The number of likely N-dealkylation sites (N-methyl/N-ethyl adjacent to an activating group) is 1. The van der Waals surface area contributed by atoms with Gasteiger partial charge in [0.05, 0.1) is 17.5 Å². The Morgan fingerprint density at radius 3 is 2.81 bits per heavy atom. The molecule has 0 saturated carbocycles. The SMILES string of the molecule is CC(C)CNCc1cccc(CN(C)C2CCOC2C)n1. The van der Waals surface area contributed by atoms with Gasteiger partial charge in [-0.05, 0) is 45.0 Å². The summed E-state index contributed by atoms with van der Waals surface area (Å²) in [6.45, 7) is 10.2. The summed E-state index contributed by atoms with van der Waals surface area (Å²) in [5, 5.41) is 3.45. The fraction of sp³-hybridized carbons (Fsp3) is 0.706. The van der Waals surface area contributed by atoms with E-state index < -0.39 is 0 Å². The van der Waals surface area contributed by atoms with Gasteiger partial charge in [0.1, 0.15) is 0 Å². The van der Waals surface area contributed by atoms with Crippen molar-refractivity contribution in [2.45, 2.75) is 52.4 Å². The van der Waals surface area contributed by atoms with Gasteiger partial charge in [0.25, 0.3) is 0 Å². The van der Waals surface area contributed by atoms with Gasteiger partial charge >= 0.3 is 0 Å². The molecule has 1 aliphatic rings. The van der Waals surface area contributed by atoms with Crippen LogP contribution in [0.15, 0.2) is 18.2 Å². The van der Waals surface area contributed by atoms with Gasteiger partial charge in [-0.15, -0.1) is 0 Å². The van der Waals surface area contributed by atoms with E-state index in [0.717, 1.165) is 44.0 Å². The molecular weight excluding hydrogens is 262 g/mol. The topological polar surface area (TPSA) is 37.4 Å². The quantitative estimate of drug-likeness (QED) is 0.837. The molecule has 0 aromatic carbocycles. The molecule has 118 valence electrons. The summed E-state index contributed by atoms with van der Waals surface area (Å²) in [6, 6.07) is 6.83. The van der Waals surface area contributed by atoms with Gasteiger partial charge in [-0.3, -0.25) is 9.88 Å². The van der Waals surface area contributed by atoms with Crippen LogP contribution in [0.5, 0.6) is 0 Å². The molecule has 1 fully saturated rings. The summed E-state index contributed by atoms with van der Waals surface area (Å²) in [5.74, 6) is 0.670. The molecule has 0 spiro atoms. The van der Waals surface area contributed by atoms with Gasteiger partial charge in [-0.25, -0.2) is 0 Å². The molecule has 2 rings (SSSR count). The zero-order valence-electron chi connectivity index (χ0n) is 13.8. The van der Waals surface area contributed by atoms with E-state index in [4.69, 9.17) is 9.72 Å². The van der Waals surface area contributed by atoms with E-state index in [2.05, 4.69) is 56.2 Å². The maximum absolute atomic E-state index is 5.65. The van der Waals surface area contributed by atoms with E-state index in [-0.39, 0.29) is 0 Å². The van der Waals surface area contributed by atoms with Crippen LogP contribution in [0.1, 0.15) is 38.6 Å². The monoisotopic (exact) mass is 291 g/mol. The first-order chi connectivity index (χ1) is 10.1. The third-order valence-corrected chi connectivity index (χ3v) is 4.04. The fourth-order valence-corrected chi connectivity index (χ4v) is 2.88. The second kappa shape index (κ2) is 7.87. The number of hydrogen-bond donors (Lipinski definition) is 1. The lowest BCUT2D eigenvalue weighted by atomic mass is 10.1. The third kappa shape index (κ3) is 5.06. The Morgan fingerprint density at radius 2 is 2.14 bits per heavy atom. The highest BCUT2D eigenvalue weighted by atomic mass is 16.5. The smallest absolute Gasteiger partial charge is 0.0703 e. The third-order valence-electron chi connectivity index (χ3n) is 4.04. The molecule has 0 amide bonds. The summed E-state index contributed by atoms with van der Waals surface area (Å²) in [4.78, 5) is 7.13. The second-order valence-electron chi connectivity index (χ2n) is 6.49. The lowest BCUT2D eigenvalue weighted by Gasteiger charge is -2.26. The van der Waals surface area contributed by atoms with E-state index in [1.54, 1.807) is 0 Å². The van der Waals surface area contributed by atoms with Gasteiger partial charge in [-0.1, -0.05) is 19.9 Å². The van der Waals surface area contributed by atoms with Crippen molar-refractivity contribution in [3.8, 4) is 0 Å². The molecule has 21 heavy (non-hydrogen) atoms. The lowest BCUT2D eigenvalue weighted by molar-refractivity contribution is 0.0810. The van der Waals surface area contributed by atoms with Crippen molar-refractivity contribution in [3.05, 3.63) is 29.6 Å². The van der Waals surface area contributed by atoms with Crippen LogP contribution in [0.25, 0.3) is 0 Å². The zero-order valence-corrected chi connectivity index (χ0v) is 13.8. The minimum atomic E-state index is 0.325. The van der Waals surface area contributed by atoms with Gasteiger partial charge in [0, 0.05) is 25.7 Å². The molecular formula is C17H29N3O. The molecule has 2 atom stereocenters. The number of hydrogen-bond acceptors (Lipinski definition) is 4. The summed E-state index contributed by atoms with van der Waals surface area (Å²) in [5.41, 5.74) is 2.26. The largest absolute Gasteiger partial charge is 0.377 e. The van der Waals surface area contributed by atoms with E-state index in [0.29, 0.717) is 18.1 Å². The summed E-state index contributed by atoms with van der Waals surface area (Å²) in [6.07, 6.45) is 1.44. The molecule has 1 aliphatic heterocycles. The van der Waals surface area contributed by atoms with Crippen molar-refractivity contribution in [1.82, 2.24) is 15.2 Å². The number of nitrogens with zero attached hydrogens (tertiary/aromatic N) is 2. The number of nitrogens with one attached hydrogen (secondary N) is 1. The number of rotatable bonds is 7. The molecule has 0 aliphatic carbocycles. The maximum Gasteiger partial charge on any atom is 0.0703 e. The average Bonchev–Trinajstić information content (AvgIpc) is 2.85. The minimum absolute atomic E-state index is 0.325. The Kier molecular flexibility index (Phi) is 6.15. The Labute approximate surface area is 128 Å². The predicted molar refractivity (Wildman–Crippen MR) is 86.1 cm³/mol. The molecule has 0 radical (unpaired) electrons.